The summed E-state index contributed by atoms with van der Waals surface area (Å²) in [4.78, 5) is 10.8. The van der Waals surface area contributed by atoms with E-state index in [1.807, 2.05) is 0 Å². The Hall–Kier alpha value is -0.860. The maximum absolute atomic E-state index is 11.6. The highest BCUT2D eigenvalue weighted by molar-refractivity contribution is 7.87. The average molecular weight is 237 g/mol. The lowest BCUT2D eigenvalue weighted by molar-refractivity contribution is 0.176. The van der Waals surface area contributed by atoms with Gasteiger partial charge in [0.25, 0.3) is 0 Å². The third kappa shape index (κ3) is 3.33. The molecule has 1 aliphatic rings. The molecule has 7 nitrogen and oxygen atoms in total. The third-order valence-electron chi connectivity index (χ3n) is 2.16. The monoisotopic (exact) mass is 237 g/mol. The fourth-order valence-corrected chi connectivity index (χ4v) is 2.58. The molecular weight excluding hydrogens is 222 g/mol. The summed E-state index contributed by atoms with van der Waals surface area (Å²) in [6.45, 7) is 0.604. The predicted molar refractivity (Wildman–Crippen MR) is 53.2 cm³/mol. The summed E-state index contributed by atoms with van der Waals surface area (Å²) in [7, 11) is -2.69. The summed E-state index contributed by atoms with van der Waals surface area (Å²) in [5.74, 6) is 0. The SMILES string of the molecule is COC(=O)NS(=O)(=O)N1CCCC(N)C1. The number of ether oxygens (including phenoxy) is 1. The van der Waals surface area contributed by atoms with Gasteiger partial charge in [0.15, 0.2) is 0 Å². The number of nitrogens with zero attached hydrogens (tertiary/aromatic N) is 1. The summed E-state index contributed by atoms with van der Waals surface area (Å²) >= 11 is 0. The number of rotatable bonds is 2. The van der Waals surface area contributed by atoms with Gasteiger partial charge in [0.2, 0.25) is 0 Å². The van der Waals surface area contributed by atoms with E-state index in [1.54, 1.807) is 4.72 Å². The van der Waals surface area contributed by atoms with Crippen molar-refractivity contribution in [3.8, 4) is 0 Å². The molecule has 1 unspecified atom stereocenters. The van der Waals surface area contributed by atoms with Gasteiger partial charge in [0, 0.05) is 19.1 Å². The van der Waals surface area contributed by atoms with Gasteiger partial charge < -0.3 is 10.5 Å². The van der Waals surface area contributed by atoms with Gasteiger partial charge in [-0.2, -0.15) is 12.7 Å². The van der Waals surface area contributed by atoms with E-state index in [1.165, 1.54) is 0 Å². The first kappa shape index (κ1) is 12.2. The number of amides is 1. The fourth-order valence-electron chi connectivity index (χ4n) is 1.40. The number of piperidine rings is 1. The Bertz CT molecular complexity index is 329. The molecule has 1 heterocycles. The first-order valence-electron chi connectivity index (χ1n) is 4.57. The van der Waals surface area contributed by atoms with Crippen LogP contribution in [0.15, 0.2) is 0 Å². The quantitative estimate of drug-likeness (QED) is 0.642. The number of nitrogens with one attached hydrogen (secondary N) is 1. The van der Waals surface area contributed by atoms with Gasteiger partial charge in [0.1, 0.15) is 0 Å². The molecule has 3 N–H and O–H groups in total. The van der Waals surface area contributed by atoms with Gasteiger partial charge in [0.05, 0.1) is 7.11 Å². The second-order valence-electron chi connectivity index (χ2n) is 3.36. The van der Waals surface area contributed by atoms with E-state index in [0.29, 0.717) is 13.0 Å². The number of hydrogen-bond donors (Lipinski definition) is 2. The third-order valence-corrected chi connectivity index (χ3v) is 3.59. The zero-order valence-electron chi connectivity index (χ0n) is 8.47. The number of hydrogen-bond acceptors (Lipinski definition) is 5. The largest absolute Gasteiger partial charge is 0.452 e. The molecule has 1 fully saturated rings. The predicted octanol–water partition coefficient (Wildman–Crippen LogP) is -0.990. The Balaban J connectivity index is 2.64. The van der Waals surface area contributed by atoms with E-state index >= 15 is 0 Å². The van der Waals surface area contributed by atoms with Crippen LogP contribution in [0.25, 0.3) is 0 Å². The molecule has 15 heavy (non-hydrogen) atoms. The number of carbonyl (C=O) groups is 1. The number of methoxy groups -OCH3 is 1. The van der Waals surface area contributed by atoms with Crippen LogP contribution in [-0.2, 0) is 14.9 Å². The van der Waals surface area contributed by atoms with Gasteiger partial charge in [-0.05, 0) is 12.8 Å². The summed E-state index contributed by atoms with van der Waals surface area (Å²) in [5.41, 5.74) is 5.64. The Morgan fingerprint density at radius 2 is 2.27 bits per heavy atom. The van der Waals surface area contributed by atoms with Crippen molar-refractivity contribution in [3.63, 3.8) is 0 Å². The van der Waals surface area contributed by atoms with E-state index in [0.717, 1.165) is 17.8 Å². The van der Waals surface area contributed by atoms with E-state index in [-0.39, 0.29) is 12.6 Å². The Kier molecular flexibility index (Phi) is 3.89. The second-order valence-corrected chi connectivity index (χ2v) is 5.03. The smallest absolute Gasteiger partial charge is 0.421 e. The molecule has 0 aromatic heterocycles. The van der Waals surface area contributed by atoms with Gasteiger partial charge in [-0.25, -0.2) is 9.52 Å². The van der Waals surface area contributed by atoms with Crippen LogP contribution in [0.4, 0.5) is 4.79 Å². The minimum atomic E-state index is -3.80. The van der Waals surface area contributed by atoms with E-state index in [2.05, 4.69) is 4.74 Å². The second kappa shape index (κ2) is 4.77. The minimum Gasteiger partial charge on any atom is -0.452 e. The Morgan fingerprint density at radius 1 is 1.60 bits per heavy atom. The fraction of sp³-hybridized carbons (Fsp3) is 0.857. The van der Waals surface area contributed by atoms with Gasteiger partial charge in [-0.15, -0.1) is 0 Å². The summed E-state index contributed by atoms with van der Waals surface area (Å²) in [6, 6.07) is -0.173. The normalized spacial score (nSPS) is 23.5. The van der Waals surface area contributed by atoms with Crippen molar-refractivity contribution in [2.75, 3.05) is 20.2 Å². The van der Waals surface area contributed by atoms with Crippen molar-refractivity contribution in [2.45, 2.75) is 18.9 Å². The van der Waals surface area contributed by atoms with Crippen LogP contribution < -0.4 is 10.5 Å². The maximum Gasteiger partial charge on any atom is 0.421 e. The zero-order chi connectivity index (χ0) is 11.5. The molecule has 1 atom stereocenters. The zero-order valence-corrected chi connectivity index (χ0v) is 9.29. The molecule has 1 amide bonds. The number of carbonyl (C=O) groups excluding carboxylic acids is 1. The highest BCUT2D eigenvalue weighted by Gasteiger charge is 2.28. The van der Waals surface area contributed by atoms with Crippen molar-refractivity contribution in [1.29, 1.82) is 0 Å². The first-order valence-corrected chi connectivity index (χ1v) is 6.01. The standard InChI is InChI=1S/C7H15N3O4S/c1-14-7(11)9-15(12,13)10-4-2-3-6(8)5-10/h6H,2-5,8H2,1H3,(H,9,11). The van der Waals surface area contributed by atoms with E-state index in [9.17, 15) is 13.2 Å². The highest BCUT2D eigenvalue weighted by Crippen LogP contribution is 2.11. The van der Waals surface area contributed by atoms with Crippen LogP contribution in [0.2, 0.25) is 0 Å². The molecule has 1 rings (SSSR count). The molecular formula is C7H15N3O4S. The van der Waals surface area contributed by atoms with Crippen LogP contribution in [-0.4, -0.2) is 45.1 Å². The summed E-state index contributed by atoms with van der Waals surface area (Å²) in [6.07, 6.45) is 0.502. The van der Waals surface area contributed by atoms with Crippen molar-refractivity contribution in [3.05, 3.63) is 0 Å². The number of nitrogens with two attached hydrogens (primary N) is 1. The Labute approximate surface area is 88.7 Å². The van der Waals surface area contributed by atoms with Crippen LogP contribution >= 0.6 is 0 Å². The van der Waals surface area contributed by atoms with Crippen LogP contribution in [0.1, 0.15) is 12.8 Å². The average Bonchev–Trinajstić information content (AvgIpc) is 2.17. The maximum atomic E-state index is 11.6. The molecule has 0 aromatic carbocycles. The summed E-state index contributed by atoms with van der Waals surface area (Å²) < 4.78 is 30.3. The van der Waals surface area contributed by atoms with Gasteiger partial charge in [-0.1, -0.05) is 0 Å². The van der Waals surface area contributed by atoms with Gasteiger partial charge >= 0.3 is 16.3 Å². The molecule has 0 aromatic rings. The topological polar surface area (TPSA) is 102 Å². The van der Waals surface area contributed by atoms with E-state index in [4.69, 9.17) is 5.73 Å². The van der Waals surface area contributed by atoms with Crippen molar-refractivity contribution in [1.82, 2.24) is 9.03 Å². The molecule has 8 heteroatoms. The molecule has 0 spiro atoms. The molecule has 1 aliphatic heterocycles. The highest BCUT2D eigenvalue weighted by atomic mass is 32.2. The molecule has 0 bridgehead atoms. The lowest BCUT2D eigenvalue weighted by Crippen LogP contribution is -2.51. The van der Waals surface area contributed by atoms with Crippen LogP contribution in [0, 0.1) is 0 Å². The Morgan fingerprint density at radius 3 is 2.80 bits per heavy atom. The summed E-state index contributed by atoms with van der Waals surface area (Å²) in [5, 5.41) is 0. The lowest BCUT2D eigenvalue weighted by Gasteiger charge is -2.29. The van der Waals surface area contributed by atoms with Crippen molar-refractivity contribution in [2.24, 2.45) is 5.73 Å². The van der Waals surface area contributed by atoms with Crippen LogP contribution in [0.5, 0.6) is 0 Å². The van der Waals surface area contributed by atoms with Gasteiger partial charge in [-0.3, -0.25) is 0 Å². The molecule has 0 radical (unpaired) electrons. The molecule has 1 saturated heterocycles. The molecule has 0 aliphatic carbocycles. The van der Waals surface area contributed by atoms with Crippen molar-refractivity contribution < 1.29 is 17.9 Å². The van der Waals surface area contributed by atoms with Crippen molar-refractivity contribution >= 4 is 16.3 Å². The first-order chi connectivity index (χ1) is 6.95. The molecule has 0 saturated carbocycles. The molecule has 88 valence electrons. The van der Waals surface area contributed by atoms with Crippen LogP contribution in [0.3, 0.4) is 0 Å². The lowest BCUT2D eigenvalue weighted by atomic mass is 10.1. The van der Waals surface area contributed by atoms with E-state index < -0.39 is 16.3 Å². The minimum absolute atomic E-state index is 0.173.